The smallest absolute Gasteiger partial charge is 0.253 e. The van der Waals surface area contributed by atoms with Gasteiger partial charge in [0.15, 0.2) is 11.6 Å². The molecule has 3 atom stereocenters. The van der Waals surface area contributed by atoms with Crippen LogP contribution in [0.25, 0.3) is 0 Å². The molecule has 0 saturated carbocycles. The molecular formula is C23H25F3N4O2. The van der Waals surface area contributed by atoms with Gasteiger partial charge in [0.05, 0.1) is 12.1 Å². The number of benzene rings is 1. The van der Waals surface area contributed by atoms with E-state index in [1.54, 1.807) is 18.3 Å². The fourth-order valence-corrected chi connectivity index (χ4v) is 4.96. The van der Waals surface area contributed by atoms with Crippen molar-refractivity contribution in [3.8, 4) is 0 Å². The maximum absolute atomic E-state index is 14.0. The van der Waals surface area contributed by atoms with Crippen LogP contribution in [0.3, 0.4) is 0 Å². The number of aromatic nitrogens is 1. The van der Waals surface area contributed by atoms with Crippen LogP contribution in [0.15, 0.2) is 36.7 Å². The number of fused-ring (bicyclic) bond motifs is 2. The molecular weight excluding hydrogens is 421 g/mol. The Labute approximate surface area is 184 Å². The maximum Gasteiger partial charge on any atom is 0.253 e. The first-order valence-corrected chi connectivity index (χ1v) is 10.7. The number of nitrogens with zero attached hydrogens (tertiary/aromatic N) is 2. The van der Waals surface area contributed by atoms with Crippen molar-refractivity contribution in [3.63, 3.8) is 0 Å². The van der Waals surface area contributed by atoms with Crippen LogP contribution < -0.4 is 11.1 Å². The van der Waals surface area contributed by atoms with E-state index in [2.05, 4.69) is 10.3 Å². The Kier molecular flexibility index (Phi) is 6.45. The van der Waals surface area contributed by atoms with Gasteiger partial charge in [0, 0.05) is 36.6 Å². The van der Waals surface area contributed by atoms with Crippen LogP contribution in [0.4, 0.5) is 13.2 Å². The molecule has 2 aromatic rings. The lowest BCUT2D eigenvalue weighted by Gasteiger charge is -2.41. The van der Waals surface area contributed by atoms with Crippen LogP contribution in [0.5, 0.6) is 0 Å². The molecule has 6 nitrogen and oxygen atoms in total. The predicted octanol–water partition coefficient (Wildman–Crippen LogP) is 2.57. The van der Waals surface area contributed by atoms with Crippen molar-refractivity contribution in [3.05, 3.63) is 65.2 Å². The Morgan fingerprint density at radius 3 is 2.47 bits per heavy atom. The second-order valence-electron chi connectivity index (χ2n) is 8.57. The Bertz CT molecular complexity index is 990. The molecule has 2 aliphatic rings. The number of carbonyl (C=O) groups excluding carboxylic acids is 2. The van der Waals surface area contributed by atoms with Crippen molar-refractivity contribution in [2.24, 2.45) is 11.7 Å². The van der Waals surface area contributed by atoms with Crippen LogP contribution in [0.2, 0.25) is 0 Å². The minimum absolute atomic E-state index is 0.00222. The summed E-state index contributed by atoms with van der Waals surface area (Å²) in [7, 11) is 0. The normalized spacial score (nSPS) is 23.1. The number of hydrogen-bond acceptors (Lipinski definition) is 4. The number of rotatable bonds is 6. The third-order valence-electron chi connectivity index (χ3n) is 6.53. The van der Waals surface area contributed by atoms with Crippen LogP contribution in [-0.4, -0.2) is 46.4 Å². The van der Waals surface area contributed by atoms with E-state index in [9.17, 15) is 22.8 Å². The molecule has 2 fully saturated rings. The lowest BCUT2D eigenvalue weighted by Crippen LogP contribution is -2.52. The molecule has 3 heterocycles. The van der Waals surface area contributed by atoms with Crippen molar-refractivity contribution in [2.75, 3.05) is 6.54 Å². The molecule has 2 amide bonds. The summed E-state index contributed by atoms with van der Waals surface area (Å²) in [6, 6.07) is 4.26. The summed E-state index contributed by atoms with van der Waals surface area (Å²) in [4.78, 5) is 30.7. The second kappa shape index (κ2) is 9.28. The van der Waals surface area contributed by atoms with Crippen molar-refractivity contribution >= 4 is 11.8 Å². The highest BCUT2D eigenvalue weighted by Gasteiger charge is 2.44. The first-order chi connectivity index (χ1) is 15.3. The number of hydrogen-bond donors (Lipinski definition) is 2. The fraction of sp³-hybridized carbons (Fsp3) is 0.435. The Balaban J connectivity index is 1.34. The standard InChI is InChI=1S/C23H25F3N4O2/c24-18-10-20(26)19(25)8-14(18)9-21(27)15-6-16-3-4-17(7-15)30(16)22(31)12-29-23(32)13-2-1-5-28-11-13/h1-2,5,8,10-11,15-17,21H,3-4,6-7,9,12,27H2,(H,29,32)/t15?,16?,17?,21-/m1/s1. The minimum atomic E-state index is -1.22. The zero-order valence-electron chi connectivity index (χ0n) is 17.4. The van der Waals surface area contributed by atoms with Gasteiger partial charge in [-0.1, -0.05) is 0 Å². The molecule has 2 saturated heterocycles. The summed E-state index contributed by atoms with van der Waals surface area (Å²) in [5.74, 6) is -3.59. The summed E-state index contributed by atoms with van der Waals surface area (Å²) in [5.41, 5.74) is 6.77. The lowest BCUT2D eigenvalue weighted by molar-refractivity contribution is -0.135. The van der Waals surface area contributed by atoms with E-state index in [4.69, 9.17) is 5.73 Å². The average Bonchev–Trinajstić information content (AvgIpc) is 3.05. The third kappa shape index (κ3) is 4.62. The SMILES string of the molecule is N[C@H](Cc1cc(F)c(F)cc1F)C1CC2CCC(C1)N2C(=O)CNC(=O)c1cccnc1. The van der Waals surface area contributed by atoms with E-state index in [1.807, 2.05) is 4.90 Å². The molecule has 2 unspecified atom stereocenters. The summed E-state index contributed by atoms with van der Waals surface area (Å²) in [6.45, 7) is -0.0997. The van der Waals surface area contributed by atoms with Crippen LogP contribution in [-0.2, 0) is 11.2 Å². The maximum atomic E-state index is 14.0. The minimum Gasteiger partial charge on any atom is -0.343 e. The molecule has 170 valence electrons. The zero-order chi connectivity index (χ0) is 22.8. The zero-order valence-corrected chi connectivity index (χ0v) is 17.4. The highest BCUT2D eigenvalue weighted by atomic mass is 19.2. The van der Waals surface area contributed by atoms with Gasteiger partial charge in [0.2, 0.25) is 5.91 Å². The lowest BCUT2D eigenvalue weighted by atomic mass is 9.82. The van der Waals surface area contributed by atoms with Gasteiger partial charge in [-0.2, -0.15) is 0 Å². The summed E-state index contributed by atoms with van der Waals surface area (Å²) in [5, 5.41) is 2.64. The first-order valence-electron chi connectivity index (χ1n) is 10.7. The van der Waals surface area contributed by atoms with E-state index in [-0.39, 0.29) is 48.3 Å². The number of nitrogens with one attached hydrogen (secondary N) is 1. The van der Waals surface area contributed by atoms with E-state index in [0.717, 1.165) is 18.9 Å². The molecule has 3 N–H and O–H groups in total. The molecule has 0 radical (unpaired) electrons. The van der Waals surface area contributed by atoms with E-state index >= 15 is 0 Å². The molecule has 0 aliphatic carbocycles. The van der Waals surface area contributed by atoms with E-state index < -0.39 is 23.5 Å². The van der Waals surface area contributed by atoms with Crippen LogP contribution in [0.1, 0.15) is 41.6 Å². The largest absolute Gasteiger partial charge is 0.343 e. The highest BCUT2D eigenvalue weighted by Crippen LogP contribution is 2.40. The monoisotopic (exact) mass is 446 g/mol. The molecule has 1 aromatic heterocycles. The molecule has 0 spiro atoms. The fourth-order valence-electron chi connectivity index (χ4n) is 4.96. The van der Waals surface area contributed by atoms with Gasteiger partial charge in [-0.15, -0.1) is 0 Å². The molecule has 2 aliphatic heterocycles. The van der Waals surface area contributed by atoms with Gasteiger partial charge in [-0.05, 0) is 61.8 Å². The Morgan fingerprint density at radius 2 is 1.81 bits per heavy atom. The van der Waals surface area contributed by atoms with Gasteiger partial charge < -0.3 is 16.0 Å². The van der Waals surface area contributed by atoms with Gasteiger partial charge in [-0.3, -0.25) is 14.6 Å². The van der Waals surface area contributed by atoms with Gasteiger partial charge in [0.1, 0.15) is 5.82 Å². The van der Waals surface area contributed by atoms with Gasteiger partial charge in [-0.25, -0.2) is 13.2 Å². The van der Waals surface area contributed by atoms with E-state index in [1.165, 1.54) is 6.20 Å². The first kappa shape index (κ1) is 22.3. The van der Waals surface area contributed by atoms with Crippen LogP contribution >= 0.6 is 0 Å². The molecule has 1 aromatic carbocycles. The van der Waals surface area contributed by atoms with E-state index in [0.29, 0.717) is 24.5 Å². The number of carbonyl (C=O) groups is 2. The van der Waals surface area contributed by atoms with Gasteiger partial charge >= 0.3 is 0 Å². The van der Waals surface area contributed by atoms with Gasteiger partial charge in [0.25, 0.3) is 5.91 Å². The highest BCUT2D eigenvalue weighted by molar-refractivity contribution is 5.96. The van der Waals surface area contributed by atoms with Crippen molar-refractivity contribution in [2.45, 2.75) is 50.2 Å². The number of pyridine rings is 1. The number of piperidine rings is 1. The molecule has 32 heavy (non-hydrogen) atoms. The van der Waals surface area contributed by atoms with Crippen molar-refractivity contribution in [1.29, 1.82) is 0 Å². The summed E-state index contributed by atoms with van der Waals surface area (Å²) < 4.78 is 40.7. The predicted molar refractivity (Wildman–Crippen MR) is 111 cm³/mol. The second-order valence-corrected chi connectivity index (χ2v) is 8.57. The number of nitrogens with two attached hydrogens (primary N) is 1. The molecule has 2 bridgehead atoms. The topological polar surface area (TPSA) is 88.3 Å². The van der Waals surface area contributed by atoms with Crippen molar-refractivity contribution in [1.82, 2.24) is 15.2 Å². The summed E-state index contributed by atoms with van der Waals surface area (Å²) in [6.07, 6.45) is 6.10. The Morgan fingerprint density at radius 1 is 1.12 bits per heavy atom. The van der Waals surface area contributed by atoms with Crippen LogP contribution in [0, 0.1) is 23.4 Å². The average molecular weight is 446 g/mol. The quantitative estimate of drug-likeness (QED) is 0.668. The third-order valence-corrected chi connectivity index (χ3v) is 6.53. The molecule has 4 rings (SSSR count). The molecule has 9 heteroatoms. The number of amides is 2. The number of halogens is 3. The van der Waals surface area contributed by atoms with Crippen molar-refractivity contribution < 1.29 is 22.8 Å². The Hall–Kier alpha value is -2.94. The summed E-state index contributed by atoms with van der Waals surface area (Å²) >= 11 is 0.